The van der Waals surface area contributed by atoms with Crippen molar-refractivity contribution in [2.45, 2.75) is 12.5 Å². The van der Waals surface area contributed by atoms with Crippen LogP contribution in [-0.2, 0) is 6.54 Å². The van der Waals surface area contributed by atoms with Crippen LogP contribution in [0.25, 0.3) is 11.3 Å². The summed E-state index contributed by atoms with van der Waals surface area (Å²) in [4.78, 5) is 10.8. The van der Waals surface area contributed by atoms with E-state index < -0.39 is 0 Å². The highest BCUT2D eigenvalue weighted by molar-refractivity contribution is 5.61. The summed E-state index contributed by atoms with van der Waals surface area (Å²) >= 11 is 0. The first-order valence-corrected chi connectivity index (χ1v) is 7.94. The lowest BCUT2D eigenvalue weighted by Gasteiger charge is -2.33. The standard InChI is InChI=1S/C20H19N3/c1-23-12-17-11-16(20-9-10-21-14-22-20)7-8-18(17)19(13-23)15-5-3-2-4-6-15/h2-11,14,19H,12-13H2,1H3/t19-/m1/s1. The molecular formula is C20H19N3. The average molecular weight is 301 g/mol. The Balaban J connectivity index is 1.77. The van der Waals surface area contributed by atoms with Crippen LogP contribution >= 0.6 is 0 Å². The van der Waals surface area contributed by atoms with Crippen LogP contribution in [0, 0.1) is 0 Å². The van der Waals surface area contributed by atoms with Gasteiger partial charge in [-0.25, -0.2) is 9.97 Å². The highest BCUT2D eigenvalue weighted by Gasteiger charge is 2.24. The second-order valence-electron chi connectivity index (χ2n) is 6.17. The minimum Gasteiger partial charge on any atom is -0.301 e. The lowest BCUT2D eigenvalue weighted by Crippen LogP contribution is -2.31. The van der Waals surface area contributed by atoms with Crippen molar-refractivity contribution >= 4 is 0 Å². The minimum atomic E-state index is 0.435. The number of benzene rings is 2. The summed E-state index contributed by atoms with van der Waals surface area (Å²) in [7, 11) is 2.19. The summed E-state index contributed by atoms with van der Waals surface area (Å²) in [6.45, 7) is 2.04. The van der Waals surface area contributed by atoms with Crippen molar-refractivity contribution in [1.29, 1.82) is 0 Å². The molecule has 3 heteroatoms. The zero-order valence-electron chi connectivity index (χ0n) is 13.2. The molecule has 0 amide bonds. The third kappa shape index (κ3) is 2.76. The van der Waals surface area contributed by atoms with Crippen LogP contribution in [0.1, 0.15) is 22.6 Å². The number of hydrogen-bond donors (Lipinski definition) is 0. The Kier molecular flexibility index (Phi) is 3.64. The van der Waals surface area contributed by atoms with Gasteiger partial charge in [-0.1, -0.05) is 42.5 Å². The first kappa shape index (κ1) is 14.1. The first-order valence-electron chi connectivity index (χ1n) is 7.94. The molecule has 0 unspecified atom stereocenters. The fourth-order valence-electron chi connectivity index (χ4n) is 3.44. The number of nitrogens with zero attached hydrogens (tertiary/aromatic N) is 3. The molecule has 0 spiro atoms. The molecule has 3 nitrogen and oxygen atoms in total. The van der Waals surface area contributed by atoms with Gasteiger partial charge in [0.2, 0.25) is 0 Å². The third-order valence-corrected chi connectivity index (χ3v) is 4.53. The molecular weight excluding hydrogens is 282 g/mol. The molecule has 2 aromatic carbocycles. The van der Waals surface area contributed by atoms with Crippen molar-refractivity contribution < 1.29 is 0 Å². The normalized spacial score (nSPS) is 17.7. The quantitative estimate of drug-likeness (QED) is 0.722. The van der Waals surface area contributed by atoms with Crippen LogP contribution in [0.15, 0.2) is 67.1 Å². The van der Waals surface area contributed by atoms with Gasteiger partial charge < -0.3 is 4.90 Å². The van der Waals surface area contributed by atoms with Gasteiger partial charge in [-0.15, -0.1) is 0 Å². The molecule has 4 rings (SSSR count). The molecule has 23 heavy (non-hydrogen) atoms. The van der Waals surface area contributed by atoms with Gasteiger partial charge in [-0.05, 0) is 35.9 Å². The largest absolute Gasteiger partial charge is 0.301 e. The average Bonchev–Trinajstić information content (AvgIpc) is 2.62. The highest BCUT2D eigenvalue weighted by atomic mass is 15.1. The zero-order valence-corrected chi connectivity index (χ0v) is 13.2. The van der Waals surface area contributed by atoms with Crippen LogP contribution in [0.2, 0.25) is 0 Å². The fourth-order valence-corrected chi connectivity index (χ4v) is 3.44. The molecule has 0 saturated heterocycles. The third-order valence-electron chi connectivity index (χ3n) is 4.53. The van der Waals surface area contributed by atoms with Gasteiger partial charge >= 0.3 is 0 Å². The molecule has 1 aromatic heterocycles. The molecule has 0 saturated carbocycles. The molecule has 0 N–H and O–H groups in total. The monoisotopic (exact) mass is 301 g/mol. The molecule has 1 aliphatic rings. The van der Waals surface area contributed by atoms with E-state index in [1.807, 2.05) is 6.07 Å². The van der Waals surface area contributed by atoms with E-state index in [9.17, 15) is 0 Å². The van der Waals surface area contributed by atoms with Crippen molar-refractivity contribution in [2.75, 3.05) is 13.6 Å². The fraction of sp³-hybridized carbons (Fsp3) is 0.200. The van der Waals surface area contributed by atoms with E-state index in [2.05, 4.69) is 70.4 Å². The van der Waals surface area contributed by atoms with Crippen molar-refractivity contribution in [3.05, 3.63) is 83.8 Å². The van der Waals surface area contributed by atoms with Crippen molar-refractivity contribution in [2.24, 2.45) is 0 Å². The minimum absolute atomic E-state index is 0.435. The van der Waals surface area contributed by atoms with Crippen LogP contribution in [0.5, 0.6) is 0 Å². The summed E-state index contributed by atoms with van der Waals surface area (Å²) < 4.78 is 0. The molecule has 2 heterocycles. The van der Waals surface area contributed by atoms with Gasteiger partial charge in [-0.2, -0.15) is 0 Å². The van der Waals surface area contributed by atoms with E-state index in [-0.39, 0.29) is 0 Å². The molecule has 114 valence electrons. The Bertz CT molecular complexity index is 800. The Morgan fingerprint density at radius 1 is 1.04 bits per heavy atom. The maximum Gasteiger partial charge on any atom is 0.116 e. The van der Waals surface area contributed by atoms with Crippen LogP contribution in [0.3, 0.4) is 0 Å². The zero-order chi connectivity index (χ0) is 15.6. The van der Waals surface area contributed by atoms with Crippen molar-refractivity contribution in [1.82, 2.24) is 14.9 Å². The topological polar surface area (TPSA) is 29.0 Å². The number of hydrogen-bond acceptors (Lipinski definition) is 3. The molecule has 0 fully saturated rings. The molecule has 1 atom stereocenters. The highest BCUT2D eigenvalue weighted by Crippen LogP contribution is 2.34. The number of fused-ring (bicyclic) bond motifs is 1. The van der Waals surface area contributed by atoms with Gasteiger partial charge in [0, 0.05) is 30.8 Å². The summed E-state index contributed by atoms with van der Waals surface area (Å²) in [6, 6.07) is 19.5. The Hall–Kier alpha value is -2.52. The van der Waals surface area contributed by atoms with Crippen LogP contribution < -0.4 is 0 Å². The summed E-state index contributed by atoms with van der Waals surface area (Å²) in [5, 5.41) is 0. The van der Waals surface area contributed by atoms with E-state index in [4.69, 9.17) is 0 Å². The van der Waals surface area contributed by atoms with E-state index in [1.165, 1.54) is 16.7 Å². The number of aromatic nitrogens is 2. The van der Waals surface area contributed by atoms with Gasteiger partial charge in [0.1, 0.15) is 6.33 Å². The smallest absolute Gasteiger partial charge is 0.116 e. The van der Waals surface area contributed by atoms with Crippen LogP contribution in [0.4, 0.5) is 0 Å². The van der Waals surface area contributed by atoms with E-state index in [1.54, 1.807) is 12.5 Å². The number of likely N-dealkylation sites (N-methyl/N-ethyl adjacent to an activating group) is 1. The van der Waals surface area contributed by atoms with E-state index in [0.29, 0.717) is 5.92 Å². The van der Waals surface area contributed by atoms with Gasteiger partial charge in [0.05, 0.1) is 5.69 Å². The maximum atomic E-state index is 4.37. The van der Waals surface area contributed by atoms with Gasteiger partial charge in [0.25, 0.3) is 0 Å². The lowest BCUT2D eigenvalue weighted by atomic mass is 9.84. The predicted molar refractivity (Wildman–Crippen MR) is 92.1 cm³/mol. The molecule has 3 aromatic rings. The van der Waals surface area contributed by atoms with E-state index >= 15 is 0 Å². The lowest BCUT2D eigenvalue weighted by molar-refractivity contribution is 0.295. The number of rotatable bonds is 2. The SMILES string of the molecule is CN1Cc2cc(-c3ccncn3)ccc2[C@@H](c2ccccc2)C1. The van der Waals surface area contributed by atoms with E-state index in [0.717, 1.165) is 24.3 Å². The maximum absolute atomic E-state index is 4.37. The molecule has 0 aliphatic carbocycles. The predicted octanol–water partition coefficient (Wildman–Crippen LogP) is 3.72. The van der Waals surface area contributed by atoms with Crippen molar-refractivity contribution in [3.8, 4) is 11.3 Å². The summed E-state index contributed by atoms with van der Waals surface area (Å²) in [6.07, 6.45) is 3.40. The van der Waals surface area contributed by atoms with Crippen molar-refractivity contribution in [3.63, 3.8) is 0 Å². The second kappa shape index (κ2) is 5.94. The molecule has 0 bridgehead atoms. The molecule has 0 radical (unpaired) electrons. The Morgan fingerprint density at radius 2 is 1.91 bits per heavy atom. The van der Waals surface area contributed by atoms with Crippen LogP contribution in [-0.4, -0.2) is 28.5 Å². The summed E-state index contributed by atoms with van der Waals surface area (Å²) in [5.41, 5.74) is 6.35. The first-order chi connectivity index (χ1) is 11.3. The Labute approximate surface area is 136 Å². The summed E-state index contributed by atoms with van der Waals surface area (Å²) in [5.74, 6) is 0.435. The second-order valence-corrected chi connectivity index (χ2v) is 6.17. The van der Waals surface area contributed by atoms with Gasteiger partial charge in [0.15, 0.2) is 0 Å². The molecule has 1 aliphatic heterocycles. The Morgan fingerprint density at radius 3 is 2.70 bits per heavy atom. The van der Waals surface area contributed by atoms with Gasteiger partial charge in [-0.3, -0.25) is 0 Å².